The van der Waals surface area contributed by atoms with Crippen LogP contribution in [0.25, 0.3) is 0 Å². The van der Waals surface area contributed by atoms with Gasteiger partial charge in [0, 0.05) is 0 Å². The number of rotatable bonds is 7. The number of carbonyl (C=O) groups excluding carboxylic acids is 1. The summed E-state index contributed by atoms with van der Waals surface area (Å²) in [4.78, 5) is 10.3. The second kappa shape index (κ2) is 7.17. The number of nitrogens with zero attached hydrogens (tertiary/aromatic N) is 2. The van der Waals surface area contributed by atoms with Gasteiger partial charge in [0.05, 0.1) is 0 Å². The van der Waals surface area contributed by atoms with Crippen LogP contribution < -0.4 is 5.32 Å². The van der Waals surface area contributed by atoms with Crippen LogP contribution in [-0.4, -0.2) is 16.6 Å². The molecule has 1 heterocycles. The van der Waals surface area contributed by atoms with Crippen LogP contribution in [0.1, 0.15) is 38.2 Å². The smallest absolute Gasteiger partial charge is 0.212 e. The van der Waals surface area contributed by atoms with Crippen LogP contribution in [0.3, 0.4) is 0 Å². The van der Waals surface area contributed by atoms with Crippen molar-refractivity contribution in [2.75, 3.05) is 5.32 Å². The molecule has 1 N–H and O–H groups in total. The SMILES string of the molecule is CCCCCCc1cc(NC=O)nnc1Cl. The summed E-state index contributed by atoms with van der Waals surface area (Å²) in [5.74, 6) is 0.449. The highest BCUT2D eigenvalue weighted by Gasteiger charge is 2.04. The van der Waals surface area contributed by atoms with Gasteiger partial charge >= 0.3 is 0 Å². The zero-order valence-electron chi connectivity index (χ0n) is 9.37. The van der Waals surface area contributed by atoms with E-state index >= 15 is 0 Å². The molecule has 1 rings (SSSR count). The van der Waals surface area contributed by atoms with Crippen molar-refractivity contribution in [3.05, 3.63) is 16.8 Å². The van der Waals surface area contributed by atoms with Gasteiger partial charge in [0.25, 0.3) is 0 Å². The van der Waals surface area contributed by atoms with Crippen molar-refractivity contribution in [3.63, 3.8) is 0 Å². The van der Waals surface area contributed by atoms with Crippen molar-refractivity contribution >= 4 is 23.8 Å². The lowest BCUT2D eigenvalue weighted by Gasteiger charge is -2.04. The Kier molecular flexibility index (Phi) is 5.78. The summed E-state index contributed by atoms with van der Waals surface area (Å²) >= 11 is 5.92. The van der Waals surface area contributed by atoms with Gasteiger partial charge in [-0.25, -0.2) is 0 Å². The molecule has 0 saturated heterocycles. The van der Waals surface area contributed by atoms with Gasteiger partial charge < -0.3 is 5.32 Å². The lowest BCUT2D eigenvalue weighted by molar-refractivity contribution is -0.105. The Morgan fingerprint density at radius 3 is 2.88 bits per heavy atom. The minimum Gasteiger partial charge on any atom is -0.312 e. The molecule has 0 radical (unpaired) electrons. The minimum absolute atomic E-state index is 0.424. The van der Waals surface area contributed by atoms with Crippen molar-refractivity contribution in [1.82, 2.24) is 10.2 Å². The van der Waals surface area contributed by atoms with E-state index in [1.54, 1.807) is 6.07 Å². The molecule has 1 amide bonds. The molecule has 1 aromatic heterocycles. The van der Waals surface area contributed by atoms with Gasteiger partial charge in [0.2, 0.25) is 6.41 Å². The van der Waals surface area contributed by atoms with E-state index in [0.29, 0.717) is 17.4 Å². The number of nitrogens with one attached hydrogen (secondary N) is 1. The van der Waals surface area contributed by atoms with E-state index in [1.165, 1.54) is 19.3 Å². The van der Waals surface area contributed by atoms with Crippen molar-refractivity contribution in [3.8, 4) is 0 Å². The molecule has 0 aliphatic heterocycles. The van der Waals surface area contributed by atoms with Crippen LogP contribution in [0, 0.1) is 0 Å². The Morgan fingerprint density at radius 2 is 2.19 bits per heavy atom. The van der Waals surface area contributed by atoms with Gasteiger partial charge in [-0.05, 0) is 24.5 Å². The maximum Gasteiger partial charge on any atom is 0.212 e. The molecule has 1 aromatic rings. The lowest BCUT2D eigenvalue weighted by atomic mass is 10.1. The lowest BCUT2D eigenvalue weighted by Crippen LogP contribution is -2.01. The molecule has 88 valence electrons. The molecule has 0 atom stereocenters. The second-order valence-corrected chi connectivity index (χ2v) is 3.98. The molecule has 0 bridgehead atoms. The molecule has 5 heteroatoms. The molecule has 0 aliphatic carbocycles. The number of aromatic nitrogens is 2. The number of unbranched alkanes of at least 4 members (excludes halogenated alkanes) is 3. The zero-order valence-corrected chi connectivity index (χ0v) is 10.1. The van der Waals surface area contributed by atoms with Crippen molar-refractivity contribution in [1.29, 1.82) is 0 Å². The highest BCUT2D eigenvalue weighted by molar-refractivity contribution is 6.30. The monoisotopic (exact) mass is 241 g/mol. The zero-order chi connectivity index (χ0) is 11.8. The largest absolute Gasteiger partial charge is 0.312 e. The molecule has 0 aliphatic rings. The quantitative estimate of drug-likeness (QED) is 0.590. The fourth-order valence-electron chi connectivity index (χ4n) is 1.46. The fourth-order valence-corrected chi connectivity index (χ4v) is 1.65. The Balaban J connectivity index is 2.55. The summed E-state index contributed by atoms with van der Waals surface area (Å²) in [6.07, 6.45) is 6.17. The first-order chi connectivity index (χ1) is 7.77. The van der Waals surface area contributed by atoms with Gasteiger partial charge in [0.15, 0.2) is 11.0 Å². The van der Waals surface area contributed by atoms with E-state index in [0.717, 1.165) is 18.4 Å². The third-order valence-electron chi connectivity index (χ3n) is 2.33. The van der Waals surface area contributed by atoms with Gasteiger partial charge in [-0.1, -0.05) is 37.8 Å². The standard InChI is InChI=1S/C11H16ClN3O/c1-2-3-4-5-6-9-7-10(13-8-16)14-15-11(9)12/h7-8H,2-6H2,1H3,(H,13,14,16). The van der Waals surface area contributed by atoms with Crippen LogP contribution in [0.2, 0.25) is 5.15 Å². The first-order valence-corrected chi connectivity index (χ1v) is 5.88. The van der Waals surface area contributed by atoms with Crippen molar-refractivity contribution < 1.29 is 4.79 Å². The summed E-state index contributed by atoms with van der Waals surface area (Å²) in [7, 11) is 0. The van der Waals surface area contributed by atoms with E-state index < -0.39 is 0 Å². The summed E-state index contributed by atoms with van der Waals surface area (Å²) in [5, 5.41) is 10.4. The van der Waals surface area contributed by atoms with Gasteiger partial charge in [-0.15, -0.1) is 10.2 Å². The average Bonchev–Trinajstić information content (AvgIpc) is 2.29. The molecule has 0 fully saturated rings. The molecule has 4 nitrogen and oxygen atoms in total. The first-order valence-electron chi connectivity index (χ1n) is 5.50. The van der Waals surface area contributed by atoms with E-state index in [-0.39, 0.29) is 0 Å². The molecular weight excluding hydrogens is 226 g/mol. The minimum atomic E-state index is 0.424. The maximum atomic E-state index is 10.3. The highest BCUT2D eigenvalue weighted by atomic mass is 35.5. The number of carbonyl (C=O) groups is 1. The first kappa shape index (κ1) is 12.9. The average molecular weight is 242 g/mol. The highest BCUT2D eigenvalue weighted by Crippen LogP contribution is 2.17. The molecular formula is C11H16ClN3O. The normalized spacial score (nSPS) is 10.1. The van der Waals surface area contributed by atoms with E-state index in [4.69, 9.17) is 11.6 Å². The van der Waals surface area contributed by atoms with Gasteiger partial charge in [-0.2, -0.15) is 0 Å². The second-order valence-electron chi connectivity index (χ2n) is 3.62. The maximum absolute atomic E-state index is 10.3. The predicted molar refractivity (Wildman–Crippen MR) is 64.6 cm³/mol. The van der Waals surface area contributed by atoms with E-state index in [2.05, 4.69) is 22.4 Å². The summed E-state index contributed by atoms with van der Waals surface area (Å²) in [5.41, 5.74) is 0.942. The van der Waals surface area contributed by atoms with Crippen LogP contribution in [-0.2, 0) is 11.2 Å². The predicted octanol–water partition coefficient (Wildman–Crippen LogP) is 2.82. The molecule has 0 unspecified atom stereocenters. The van der Waals surface area contributed by atoms with Gasteiger partial charge in [0.1, 0.15) is 0 Å². The fraction of sp³-hybridized carbons (Fsp3) is 0.545. The number of aryl methyl sites for hydroxylation is 1. The van der Waals surface area contributed by atoms with Crippen molar-refractivity contribution in [2.24, 2.45) is 0 Å². The third kappa shape index (κ3) is 4.14. The Morgan fingerprint density at radius 1 is 1.38 bits per heavy atom. The summed E-state index contributed by atoms with van der Waals surface area (Å²) < 4.78 is 0. The third-order valence-corrected chi connectivity index (χ3v) is 2.65. The Labute approximate surface area is 100 Å². The number of hydrogen-bond acceptors (Lipinski definition) is 3. The molecule has 0 saturated carbocycles. The molecule has 0 spiro atoms. The number of hydrogen-bond donors (Lipinski definition) is 1. The van der Waals surface area contributed by atoms with E-state index in [1.807, 2.05) is 0 Å². The molecule has 0 aromatic carbocycles. The number of amides is 1. The van der Waals surface area contributed by atoms with Crippen molar-refractivity contribution in [2.45, 2.75) is 39.0 Å². The topological polar surface area (TPSA) is 54.9 Å². The summed E-state index contributed by atoms with van der Waals surface area (Å²) in [6.45, 7) is 2.17. The van der Waals surface area contributed by atoms with Crippen LogP contribution in [0.15, 0.2) is 6.07 Å². The van der Waals surface area contributed by atoms with E-state index in [9.17, 15) is 4.79 Å². The van der Waals surface area contributed by atoms with Crippen LogP contribution in [0.5, 0.6) is 0 Å². The Hall–Kier alpha value is -1.16. The number of halogens is 1. The molecule has 16 heavy (non-hydrogen) atoms. The van der Waals surface area contributed by atoms with Crippen LogP contribution in [0.4, 0.5) is 5.82 Å². The van der Waals surface area contributed by atoms with Crippen LogP contribution >= 0.6 is 11.6 Å². The number of anilines is 1. The van der Waals surface area contributed by atoms with Gasteiger partial charge in [-0.3, -0.25) is 4.79 Å². The summed E-state index contributed by atoms with van der Waals surface area (Å²) in [6, 6.07) is 1.77. The Bertz CT molecular complexity index is 344.